The van der Waals surface area contributed by atoms with Gasteiger partial charge in [0.15, 0.2) is 0 Å². The van der Waals surface area contributed by atoms with Gasteiger partial charge in [-0.2, -0.15) is 0 Å². The number of benzene rings is 2. The Morgan fingerprint density at radius 2 is 1.27 bits per heavy atom. The molecule has 0 unspecified atom stereocenters. The summed E-state index contributed by atoms with van der Waals surface area (Å²) in [4.78, 5) is 0. The Balaban J connectivity index is 2.25. The summed E-state index contributed by atoms with van der Waals surface area (Å²) in [7, 11) is 0. The van der Waals surface area contributed by atoms with Gasteiger partial charge in [-0.05, 0) is 84.8 Å². The number of rotatable bonds is 2. The fraction of sp³-hybridized carbons (Fsp3) is 0.462. The van der Waals surface area contributed by atoms with Crippen molar-refractivity contribution in [3.8, 4) is 0 Å². The SMILES string of the molecule is CC(C)=C(c1ccc(C)cc1)c1cc2c(cc1C)C(C)(C)CCC2(C)C. The van der Waals surface area contributed by atoms with Crippen LogP contribution >= 0.6 is 0 Å². The van der Waals surface area contributed by atoms with Gasteiger partial charge in [-0.3, -0.25) is 0 Å². The van der Waals surface area contributed by atoms with E-state index < -0.39 is 0 Å². The van der Waals surface area contributed by atoms with Crippen LogP contribution in [0.25, 0.3) is 5.57 Å². The van der Waals surface area contributed by atoms with E-state index in [1.807, 2.05) is 0 Å². The van der Waals surface area contributed by atoms with Crippen LogP contribution in [0.5, 0.6) is 0 Å². The first-order valence-electron chi connectivity index (χ1n) is 9.93. The molecule has 0 radical (unpaired) electrons. The lowest BCUT2D eigenvalue weighted by atomic mass is 9.62. The first-order chi connectivity index (χ1) is 12.0. The van der Waals surface area contributed by atoms with E-state index in [1.54, 1.807) is 11.1 Å². The molecule has 0 saturated heterocycles. The lowest BCUT2D eigenvalue weighted by Gasteiger charge is -2.42. The van der Waals surface area contributed by atoms with Gasteiger partial charge in [-0.15, -0.1) is 0 Å². The van der Waals surface area contributed by atoms with Crippen LogP contribution in [0.2, 0.25) is 0 Å². The molecule has 3 rings (SSSR count). The van der Waals surface area contributed by atoms with E-state index in [4.69, 9.17) is 0 Å². The van der Waals surface area contributed by atoms with Gasteiger partial charge < -0.3 is 0 Å². The zero-order chi connectivity index (χ0) is 19.3. The molecule has 0 atom stereocenters. The molecule has 0 heterocycles. The molecule has 2 aromatic rings. The van der Waals surface area contributed by atoms with Gasteiger partial charge in [-0.1, -0.05) is 75.2 Å². The maximum absolute atomic E-state index is 2.51. The Hall–Kier alpha value is -1.82. The third kappa shape index (κ3) is 3.27. The molecule has 0 N–H and O–H groups in total. The number of aryl methyl sites for hydroxylation is 2. The Bertz CT molecular complexity index is 854. The minimum Gasteiger partial charge on any atom is -0.0680 e. The second kappa shape index (κ2) is 6.41. The highest BCUT2D eigenvalue weighted by Gasteiger charge is 2.37. The minimum absolute atomic E-state index is 0.243. The molecule has 138 valence electrons. The first-order valence-corrected chi connectivity index (χ1v) is 9.93. The van der Waals surface area contributed by atoms with E-state index in [2.05, 4.69) is 91.8 Å². The standard InChI is InChI=1S/C26H34/c1-17(2)24(20-11-9-18(3)10-12-20)21-16-23-22(15-19(21)4)25(5,6)13-14-26(23,7)8/h9-12,15-16H,13-14H2,1-8H3. The molecule has 2 aromatic carbocycles. The zero-order valence-corrected chi connectivity index (χ0v) is 17.9. The number of hydrogen-bond acceptors (Lipinski definition) is 0. The van der Waals surface area contributed by atoms with Gasteiger partial charge in [0.2, 0.25) is 0 Å². The topological polar surface area (TPSA) is 0 Å². The lowest BCUT2D eigenvalue weighted by molar-refractivity contribution is 0.331. The average molecular weight is 347 g/mol. The second-order valence-electron chi connectivity index (χ2n) is 9.72. The second-order valence-corrected chi connectivity index (χ2v) is 9.72. The van der Waals surface area contributed by atoms with Crippen LogP contribution in [-0.4, -0.2) is 0 Å². The van der Waals surface area contributed by atoms with Crippen molar-refractivity contribution < 1.29 is 0 Å². The van der Waals surface area contributed by atoms with Crippen molar-refractivity contribution in [2.45, 2.75) is 79.1 Å². The highest BCUT2D eigenvalue weighted by molar-refractivity contribution is 5.84. The molecule has 0 bridgehead atoms. The summed E-state index contributed by atoms with van der Waals surface area (Å²) in [5, 5.41) is 0. The molecule has 0 nitrogen and oxygen atoms in total. The molecule has 1 aliphatic rings. The fourth-order valence-corrected chi connectivity index (χ4v) is 4.43. The van der Waals surface area contributed by atoms with E-state index in [-0.39, 0.29) is 10.8 Å². The van der Waals surface area contributed by atoms with Crippen molar-refractivity contribution >= 4 is 5.57 Å². The van der Waals surface area contributed by atoms with Crippen LogP contribution in [0.15, 0.2) is 42.0 Å². The van der Waals surface area contributed by atoms with E-state index in [1.165, 1.54) is 46.2 Å². The summed E-state index contributed by atoms with van der Waals surface area (Å²) in [6, 6.07) is 14.0. The van der Waals surface area contributed by atoms with Gasteiger partial charge in [0.1, 0.15) is 0 Å². The Morgan fingerprint density at radius 3 is 1.77 bits per heavy atom. The molecule has 26 heavy (non-hydrogen) atoms. The molecular weight excluding hydrogens is 312 g/mol. The third-order valence-corrected chi connectivity index (χ3v) is 6.31. The van der Waals surface area contributed by atoms with Crippen molar-refractivity contribution in [2.24, 2.45) is 0 Å². The summed E-state index contributed by atoms with van der Waals surface area (Å²) < 4.78 is 0. The van der Waals surface area contributed by atoms with Crippen LogP contribution in [0.1, 0.15) is 87.8 Å². The van der Waals surface area contributed by atoms with Crippen LogP contribution in [0.3, 0.4) is 0 Å². The fourth-order valence-electron chi connectivity index (χ4n) is 4.43. The highest BCUT2D eigenvalue weighted by Crippen LogP contribution is 2.47. The van der Waals surface area contributed by atoms with Crippen LogP contribution < -0.4 is 0 Å². The third-order valence-electron chi connectivity index (χ3n) is 6.31. The molecule has 0 aliphatic heterocycles. The Kier molecular flexibility index (Phi) is 4.67. The van der Waals surface area contributed by atoms with Crippen molar-refractivity contribution in [3.63, 3.8) is 0 Å². The smallest absolute Gasteiger partial charge is 0.0100 e. The normalized spacial score (nSPS) is 17.5. The Morgan fingerprint density at radius 1 is 0.769 bits per heavy atom. The minimum atomic E-state index is 0.243. The van der Waals surface area contributed by atoms with Crippen LogP contribution in [0, 0.1) is 13.8 Å². The van der Waals surface area contributed by atoms with Crippen molar-refractivity contribution in [1.29, 1.82) is 0 Å². The quantitative estimate of drug-likeness (QED) is 0.528. The predicted octanol–water partition coefficient (Wildman–Crippen LogP) is 7.49. The van der Waals surface area contributed by atoms with Gasteiger partial charge in [0.25, 0.3) is 0 Å². The van der Waals surface area contributed by atoms with Crippen LogP contribution in [-0.2, 0) is 10.8 Å². The van der Waals surface area contributed by atoms with Gasteiger partial charge in [0.05, 0.1) is 0 Å². The molecule has 1 aliphatic carbocycles. The van der Waals surface area contributed by atoms with E-state index in [0.717, 1.165) is 0 Å². The highest BCUT2D eigenvalue weighted by atomic mass is 14.4. The molecule has 0 saturated carbocycles. The predicted molar refractivity (Wildman–Crippen MR) is 115 cm³/mol. The van der Waals surface area contributed by atoms with E-state index in [0.29, 0.717) is 0 Å². The Labute approximate surface area is 160 Å². The summed E-state index contributed by atoms with van der Waals surface area (Å²) >= 11 is 0. The molecule has 0 heteroatoms. The monoisotopic (exact) mass is 346 g/mol. The largest absolute Gasteiger partial charge is 0.0680 e. The summed E-state index contributed by atoms with van der Waals surface area (Å²) in [6.45, 7) is 18.5. The molecule has 0 amide bonds. The van der Waals surface area contributed by atoms with Crippen molar-refractivity contribution in [1.82, 2.24) is 0 Å². The first kappa shape index (κ1) is 19.0. The van der Waals surface area contributed by atoms with E-state index >= 15 is 0 Å². The van der Waals surface area contributed by atoms with Gasteiger partial charge >= 0.3 is 0 Å². The van der Waals surface area contributed by atoms with E-state index in [9.17, 15) is 0 Å². The van der Waals surface area contributed by atoms with Crippen molar-refractivity contribution in [3.05, 3.63) is 75.4 Å². The molecule has 0 aromatic heterocycles. The number of allylic oxidation sites excluding steroid dienone is 1. The molecular formula is C26H34. The maximum Gasteiger partial charge on any atom is -0.0100 e. The van der Waals surface area contributed by atoms with Gasteiger partial charge in [-0.25, -0.2) is 0 Å². The average Bonchev–Trinajstić information content (AvgIpc) is 2.55. The van der Waals surface area contributed by atoms with Crippen LogP contribution in [0.4, 0.5) is 0 Å². The summed E-state index contributed by atoms with van der Waals surface area (Å²) in [5.41, 5.74) is 11.8. The summed E-state index contributed by atoms with van der Waals surface area (Å²) in [5.74, 6) is 0. The zero-order valence-electron chi connectivity index (χ0n) is 17.9. The number of fused-ring (bicyclic) bond motifs is 1. The summed E-state index contributed by atoms with van der Waals surface area (Å²) in [6.07, 6.45) is 2.52. The molecule has 0 spiro atoms. The molecule has 0 fully saturated rings. The van der Waals surface area contributed by atoms with Gasteiger partial charge in [0, 0.05) is 0 Å². The number of hydrogen-bond donors (Lipinski definition) is 0. The maximum atomic E-state index is 2.51. The van der Waals surface area contributed by atoms with Crippen molar-refractivity contribution in [2.75, 3.05) is 0 Å². The lowest BCUT2D eigenvalue weighted by Crippen LogP contribution is -2.34.